The number of aliphatic imine (C=N–C) groups is 2. The van der Waals surface area contributed by atoms with Crippen LogP contribution in [0.5, 0.6) is 5.75 Å². The van der Waals surface area contributed by atoms with Crippen LogP contribution in [0.25, 0.3) is 17.1 Å². The van der Waals surface area contributed by atoms with Gasteiger partial charge in [0.2, 0.25) is 0 Å². The van der Waals surface area contributed by atoms with Gasteiger partial charge in [-0.25, -0.2) is 18.9 Å². The van der Waals surface area contributed by atoms with Crippen molar-refractivity contribution in [1.82, 2.24) is 20.1 Å². The highest BCUT2D eigenvalue weighted by Gasteiger charge is 2.31. The maximum Gasteiger partial charge on any atom is 0.573 e. The summed E-state index contributed by atoms with van der Waals surface area (Å²) >= 11 is 1.50. The van der Waals surface area contributed by atoms with Gasteiger partial charge in [-0.3, -0.25) is 0 Å². The smallest absolute Gasteiger partial charge is 0.406 e. The maximum atomic E-state index is 14.0. The molecule has 1 saturated heterocycles. The Morgan fingerprint density at radius 1 is 1.11 bits per heavy atom. The topological polar surface area (TPSA) is 97.0 Å². The Labute approximate surface area is 273 Å². The number of hydrogen-bond donors (Lipinski definition) is 1. The van der Waals surface area contributed by atoms with E-state index in [2.05, 4.69) is 30.1 Å². The molecule has 14 heteroatoms. The van der Waals surface area contributed by atoms with E-state index in [0.29, 0.717) is 23.2 Å². The monoisotopic (exact) mass is 667 g/mol. The zero-order valence-corrected chi connectivity index (χ0v) is 26.7. The van der Waals surface area contributed by atoms with E-state index in [1.807, 2.05) is 43.0 Å². The first-order chi connectivity index (χ1) is 22.5. The molecule has 1 aliphatic heterocycles. The Morgan fingerprint density at radius 3 is 2.53 bits per heavy atom. The third-order valence-corrected chi connectivity index (χ3v) is 8.38. The average molecular weight is 668 g/mol. The van der Waals surface area contributed by atoms with Crippen LogP contribution >= 0.6 is 11.8 Å². The highest BCUT2D eigenvalue weighted by Crippen LogP contribution is 2.33. The quantitative estimate of drug-likeness (QED) is 0.146. The number of halogens is 4. The Hall–Kier alpha value is -4.72. The fourth-order valence-corrected chi connectivity index (χ4v) is 6.02. The molecule has 9 nitrogen and oxygen atoms in total. The van der Waals surface area contributed by atoms with Gasteiger partial charge in [-0.1, -0.05) is 49.9 Å². The minimum Gasteiger partial charge on any atom is -0.406 e. The molecule has 0 radical (unpaired) electrons. The van der Waals surface area contributed by atoms with E-state index in [9.17, 15) is 22.4 Å². The number of amidine groups is 1. The second kappa shape index (κ2) is 14.8. The summed E-state index contributed by atoms with van der Waals surface area (Å²) < 4.78 is 56.8. The van der Waals surface area contributed by atoms with Crippen LogP contribution in [-0.2, 0) is 0 Å². The zero-order chi connectivity index (χ0) is 33.6. The fourth-order valence-electron chi connectivity index (χ4n) is 5.07. The predicted octanol–water partition coefficient (Wildman–Crippen LogP) is 7.59. The maximum absolute atomic E-state index is 14.0. The van der Waals surface area contributed by atoms with Gasteiger partial charge in [0.1, 0.15) is 17.9 Å². The molecule has 1 fully saturated rings. The minimum atomic E-state index is -4.77. The van der Waals surface area contributed by atoms with Crippen molar-refractivity contribution >= 4 is 34.9 Å². The summed E-state index contributed by atoms with van der Waals surface area (Å²) in [7, 11) is 1.66. The first-order valence-corrected chi connectivity index (χ1v) is 15.9. The lowest BCUT2D eigenvalue weighted by Crippen LogP contribution is -2.37. The van der Waals surface area contributed by atoms with E-state index in [1.54, 1.807) is 19.3 Å². The van der Waals surface area contributed by atoms with Gasteiger partial charge >= 0.3 is 12.4 Å². The number of anilines is 1. The second-order valence-corrected chi connectivity index (χ2v) is 12.0. The molecule has 1 N–H and O–H groups in total. The van der Waals surface area contributed by atoms with Crippen LogP contribution in [0, 0.1) is 5.82 Å². The van der Waals surface area contributed by atoms with Crippen LogP contribution < -0.4 is 15.0 Å². The SMILES string of the molecule is C/N=C\C(CNC(=O)/N=C1\SCCCN1c1ccc(F)cc1C(C)C)c1ccc(-c2ncn(-c3ccc(OC(F)(F)F)cc3)n2)cc1. The molecule has 5 rings (SSSR count). The molecule has 0 saturated carbocycles. The number of thioether (sulfide) groups is 1. The third-order valence-electron chi connectivity index (χ3n) is 7.31. The van der Waals surface area contributed by atoms with Gasteiger partial charge < -0.3 is 19.9 Å². The van der Waals surface area contributed by atoms with Crippen molar-refractivity contribution in [2.45, 2.75) is 38.5 Å². The summed E-state index contributed by atoms with van der Waals surface area (Å²) in [6.07, 6.45) is -0.639. The molecular weight excluding hydrogens is 634 g/mol. The number of alkyl halides is 3. The number of ether oxygens (including phenoxy) is 1. The van der Waals surface area contributed by atoms with Gasteiger partial charge in [-0.15, -0.1) is 18.3 Å². The van der Waals surface area contributed by atoms with E-state index >= 15 is 0 Å². The van der Waals surface area contributed by atoms with E-state index in [1.165, 1.54) is 59.2 Å². The molecule has 2 amide bonds. The zero-order valence-electron chi connectivity index (χ0n) is 25.9. The summed E-state index contributed by atoms with van der Waals surface area (Å²) in [5, 5.41) is 7.92. The first kappa shape index (κ1) is 33.6. The normalized spacial score (nSPS) is 15.4. The highest BCUT2D eigenvalue weighted by atomic mass is 32.2. The van der Waals surface area contributed by atoms with Crippen LogP contribution in [0.3, 0.4) is 0 Å². The van der Waals surface area contributed by atoms with Gasteiger partial charge in [-0.05, 0) is 65.9 Å². The Morgan fingerprint density at radius 2 is 1.85 bits per heavy atom. The second-order valence-electron chi connectivity index (χ2n) is 11.0. The molecule has 4 aromatic rings. The summed E-state index contributed by atoms with van der Waals surface area (Å²) in [5.74, 6) is 0.486. The number of nitrogens with zero attached hydrogens (tertiary/aromatic N) is 6. The number of urea groups is 1. The fraction of sp³-hybridized carbons (Fsp3) is 0.303. The Bertz CT molecular complexity index is 1740. The van der Waals surface area contributed by atoms with Crippen molar-refractivity contribution in [1.29, 1.82) is 0 Å². The molecule has 1 atom stereocenters. The van der Waals surface area contributed by atoms with Crippen molar-refractivity contribution < 1.29 is 27.1 Å². The van der Waals surface area contributed by atoms with Gasteiger partial charge in [0.15, 0.2) is 11.0 Å². The van der Waals surface area contributed by atoms with Crippen molar-refractivity contribution in [2.75, 3.05) is 30.8 Å². The Balaban J connectivity index is 1.25. The molecule has 1 aromatic heterocycles. The van der Waals surface area contributed by atoms with E-state index in [-0.39, 0.29) is 29.9 Å². The number of nitrogens with one attached hydrogen (secondary N) is 1. The molecule has 246 valence electrons. The summed E-state index contributed by atoms with van der Waals surface area (Å²) in [6, 6.07) is 17.0. The summed E-state index contributed by atoms with van der Waals surface area (Å²) in [5.41, 5.74) is 3.85. The average Bonchev–Trinajstić information content (AvgIpc) is 3.54. The lowest BCUT2D eigenvalue weighted by atomic mass is 9.99. The van der Waals surface area contributed by atoms with Crippen molar-refractivity contribution in [3.05, 3.63) is 90.0 Å². The number of hydrogen-bond acceptors (Lipinski definition) is 6. The predicted molar refractivity (Wildman–Crippen MR) is 176 cm³/mol. The van der Waals surface area contributed by atoms with Crippen LogP contribution in [-0.4, -0.2) is 64.4 Å². The Kier molecular flexibility index (Phi) is 10.6. The first-order valence-electron chi connectivity index (χ1n) is 14.9. The number of carbonyl (C=O) groups is 1. The molecule has 47 heavy (non-hydrogen) atoms. The highest BCUT2D eigenvalue weighted by molar-refractivity contribution is 8.14. The minimum absolute atomic E-state index is 0.0946. The number of rotatable bonds is 9. The van der Waals surface area contributed by atoms with E-state index in [4.69, 9.17) is 0 Å². The van der Waals surface area contributed by atoms with Gasteiger partial charge in [0.05, 0.1) is 5.69 Å². The molecule has 1 unspecified atom stereocenters. The number of carbonyl (C=O) groups excluding carboxylic acids is 1. The van der Waals surface area contributed by atoms with E-state index in [0.717, 1.165) is 34.6 Å². The van der Waals surface area contributed by atoms with Crippen molar-refractivity contribution in [3.8, 4) is 22.8 Å². The van der Waals surface area contributed by atoms with Gasteiger partial charge in [-0.2, -0.15) is 4.99 Å². The van der Waals surface area contributed by atoms with Crippen molar-refractivity contribution in [2.24, 2.45) is 9.98 Å². The van der Waals surface area contributed by atoms with Crippen LogP contribution in [0.15, 0.2) is 83.0 Å². The molecule has 0 aliphatic carbocycles. The molecule has 2 heterocycles. The third kappa shape index (κ3) is 8.76. The molecular formula is C33H33F4N7O2S. The van der Waals surface area contributed by atoms with Crippen molar-refractivity contribution in [3.63, 3.8) is 0 Å². The van der Waals surface area contributed by atoms with Crippen LogP contribution in [0.2, 0.25) is 0 Å². The van der Waals surface area contributed by atoms with Gasteiger partial charge in [0.25, 0.3) is 0 Å². The standard InChI is InChI=1S/C33H33F4N7O2S/c1-21(2)28-17-25(34)9-14-29(28)43-15-4-16-47-32(43)41-31(45)39-19-24(18-38-3)22-5-7-23(8-6-22)30-40-20-44(42-30)26-10-12-27(13-11-26)46-33(35,36)37/h5-14,17-18,20-21,24H,4,15-16,19H2,1-3H3,(H,39,45)/b38-18-,41-32-. The lowest BCUT2D eigenvalue weighted by molar-refractivity contribution is -0.274. The lowest BCUT2D eigenvalue weighted by Gasteiger charge is -2.32. The van der Waals surface area contributed by atoms with Gasteiger partial charge in [0, 0.05) is 49.3 Å². The van der Waals surface area contributed by atoms with Crippen LogP contribution in [0.1, 0.15) is 43.2 Å². The largest absolute Gasteiger partial charge is 0.573 e. The molecule has 1 aliphatic rings. The number of amides is 2. The van der Waals surface area contributed by atoms with Crippen LogP contribution in [0.4, 0.5) is 28.0 Å². The number of aromatic nitrogens is 3. The molecule has 0 spiro atoms. The summed E-state index contributed by atoms with van der Waals surface area (Å²) in [4.78, 5) is 27.9. The summed E-state index contributed by atoms with van der Waals surface area (Å²) in [6.45, 7) is 4.95. The number of benzene rings is 3. The van der Waals surface area contributed by atoms with E-state index < -0.39 is 12.4 Å². The molecule has 3 aromatic carbocycles. The molecule has 0 bridgehead atoms.